The number of carbonyl (C=O) groups excluding carboxylic acids is 1. The second kappa shape index (κ2) is 9.61. The lowest BCUT2D eigenvalue weighted by Gasteiger charge is -2.24. The average Bonchev–Trinajstić information content (AvgIpc) is 3.04. The molecular weight excluding hydrogens is 363 g/mol. The fourth-order valence-electron chi connectivity index (χ4n) is 2.91. The van der Waals surface area contributed by atoms with Crippen LogP contribution in [-0.2, 0) is 4.74 Å². The van der Waals surface area contributed by atoms with E-state index >= 15 is 0 Å². The predicted octanol–water partition coefficient (Wildman–Crippen LogP) is 2.77. The highest BCUT2D eigenvalue weighted by Gasteiger charge is 2.28. The van der Waals surface area contributed by atoms with Gasteiger partial charge in [-0.3, -0.25) is 4.99 Å². The summed E-state index contributed by atoms with van der Waals surface area (Å²) in [5.74, 6) is 0.571. The van der Waals surface area contributed by atoms with Crippen LogP contribution in [0.1, 0.15) is 34.1 Å². The van der Waals surface area contributed by atoms with Crippen molar-refractivity contribution in [1.29, 1.82) is 0 Å². The fourth-order valence-corrected chi connectivity index (χ4v) is 2.91. The number of nitrogens with zero attached hydrogens (tertiary/aromatic N) is 2. The number of hydrogen-bond acceptors (Lipinski definition) is 4. The van der Waals surface area contributed by atoms with Crippen LogP contribution >= 0.6 is 0 Å². The quantitative estimate of drug-likeness (QED) is 0.593. The third kappa shape index (κ3) is 6.90. The lowest BCUT2D eigenvalue weighted by Crippen LogP contribution is -2.46. The van der Waals surface area contributed by atoms with Crippen LogP contribution in [0.5, 0.6) is 5.75 Å². The molecule has 2 N–H and O–H groups in total. The molecule has 1 aromatic carbocycles. The van der Waals surface area contributed by atoms with Crippen LogP contribution in [0.2, 0.25) is 0 Å². The number of guanidine groups is 1. The molecule has 7 nitrogen and oxygen atoms in total. The summed E-state index contributed by atoms with van der Waals surface area (Å²) in [6.07, 6.45) is 0.155. The van der Waals surface area contributed by atoms with Gasteiger partial charge in [0.1, 0.15) is 11.7 Å². The standard InChI is InChI=1S/C20H31FN4O3/c1-14(27-17-9-7-6-8-16(17)21)12-23-18(22-5)25-11-10-15(13-25)24-19(26)28-20(2,3)4/h6-9,14-15H,10-13H2,1-5H3,(H,22,23)(H,24,26). The predicted molar refractivity (Wildman–Crippen MR) is 107 cm³/mol. The number of halogens is 1. The zero-order chi connectivity index (χ0) is 20.7. The number of para-hydroxylation sites is 1. The minimum atomic E-state index is -0.520. The number of rotatable bonds is 5. The molecule has 1 fully saturated rings. The van der Waals surface area contributed by atoms with Crippen LogP contribution in [0.25, 0.3) is 0 Å². The van der Waals surface area contributed by atoms with E-state index in [0.29, 0.717) is 13.1 Å². The molecular formula is C20H31FN4O3. The molecule has 1 saturated heterocycles. The zero-order valence-electron chi connectivity index (χ0n) is 17.3. The van der Waals surface area contributed by atoms with Gasteiger partial charge in [0.15, 0.2) is 17.5 Å². The lowest BCUT2D eigenvalue weighted by atomic mass is 10.2. The summed E-state index contributed by atoms with van der Waals surface area (Å²) in [6.45, 7) is 9.26. The topological polar surface area (TPSA) is 75.2 Å². The Morgan fingerprint density at radius 3 is 2.75 bits per heavy atom. The molecule has 1 amide bonds. The van der Waals surface area contributed by atoms with Crippen molar-refractivity contribution in [3.05, 3.63) is 30.1 Å². The van der Waals surface area contributed by atoms with Gasteiger partial charge in [-0.05, 0) is 46.2 Å². The summed E-state index contributed by atoms with van der Waals surface area (Å²) in [7, 11) is 1.71. The van der Waals surface area contributed by atoms with E-state index in [1.165, 1.54) is 6.07 Å². The summed E-state index contributed by atoms with van der Waals surface area (Å²) in [5, 5.41) is 6.14. The SMILES string of the molecule is CN=C(NCC(C)Oc1ccccc1F)N1CCC(NC(=O)OC(C)(C)C)C1. The van der Waals surface area contributed by atoms with Gasteiger partial charge in [0.05, 0.1) is 12.6 Å². The highest BCUT2D eigenvalue weighted by atomic mass is 19.1. The van der Waals surface area contributed by atoms with E-state index in [2.05, 4.69) is 20.5 Å². The maximum Gasteiger partial charge on any atom is 0.407 e. The molecule has 0 aliphatic carbocycles. The first-order valence-electron chi connectivity index (χ1n) is 9.54. The van der Waals surface area contributed by atoms with Crippen molar-refractivity contribution in [2.24, 2.45) is 4.99 Å². The molecule has 0 aromatic heterocycles. The number of amides is 1. The number of aliphatic imine (C=N–C) groups is 1. The van der Waals surface area contributed by atoms with Crippen molar-refractivity contribution in [2.45, 2.75) is 51.9 Å². The molecule has 0 spiro atoms. The Balaban J connectivity index is 1.79. The number of carbonyl (C=O) groups is 1. The third-order valence-corrected chi connectivity index (χ3v) is 4.13. The molecule has 0 radical (unpaired) electrons. The van der Waals surface area contributed by atoms with Gasteiger partial charge in [-0.1, -0.05) is 12.1 Å². The molecule has 0 saturated carbocycles. The van der Waals surface area contributed by atoms with Gasteiger partial charge in [-0.25, -0.2) is 9.18 Å². The molecule has 2 rings (SSSR count). The van der Waals surface area contributed by atoms with Crippen LogP contribution in [0.3, 0.4) is 0 Å². The Bertz CT molecular complexity index is 690. The van der Waals surface area contributed by atoms with Gasteiger partial charge in [0, 0.05) is 20.1 Å². The third-order valence-electron chi connectivity index (χ3n) is 4.13. The molecule has 2 atom stereocenters. The molecule has 28 heavy (non-hydrogen) atoms. The molecule has 1 heterocycles. The summed E-state index contributed by atoms with van der Waals surface area (Å²) < 4.78 is 24.6. The first-order chi connectivity index (χ1) is 13.2. The summed E-state index contributed by atoms with van der Waals surface area (Å²) in [6, 6.07) is 6.34. The van der Waals surface area contributed by atoms with E-state index in [1.54, 1.807) is 25.2 Å². The van der Waals surface area contributed by atoms with Crippen LogP contribution in [0, 0.1) is 5.82 Å². The van der Waals surface area contributed by atoms with Gasteiger partial charge in [0.2, 0.25) is 0 Å². The number of nitrogens with one attached hydrogen (secondary N) is 2. The largest absolute Gasteiger partial charge is 0.486 e. The summed E-state index contributed by atoms with van der Waals surface area (Å²) in [4.78, 5) is 18.3. The van der Waals surface area contributed by atoms with E-state index in [1.807, 2.05) is 27.7 Å². The first-order valence-corrected chi connectivity index (χ1v) is 9.54. The fraction of sp³-hybridized carbons (Fsp3) is 0.600. The van der Waals surface area contributed by atoms with E-state index in [4.69, 9.17) is 9.47 Å². The zero-order valence-corrected chi connectivity index (χ0v) is 17.3. The van der Waals surface area contributed by atoms with Gasteiger partial charge in [-0.2, -0.15) is 0 Å². The normalized spacial score (nSPS) is 18.6. The van der Waals surface area contributed by atoms with Crippen LogP contribution in [0.15, 0.2) is 29.3 Å². The second-order valence-corrected chi connectivity index (χ2v) is 7.86. The highest BCUT2D eigenvalue weighted by Crippen LogP contribution is 2.17. The number of alkyl carbamates (subject to hydrolysis) is 1. The van der Waals surface area contributed by atoms with E-state index < -0.39 is 11.7 Å². The Morgan fingerprint density at radius 1 is 1.39 bits per heavy atom. The van der Waals surface area contributed by atoms with Crippen molar-refractivity contribution in [1.82, 2.24) is 15.5 Å². The summed E-state index contributed by atoms with van der Waals surface area (Å²) >= 11 is 0. The lowest BCUT2D eigenvalue weighted by molar-refractivity contribution is 0.0507. The van der Waals surface area contributed by atoms with Crippen molar-refractivity contribution >= 4 is 12.1 Å². The molecule has 0 bridgehead atoms. The minimum Gasteiger partial charge on any atom is -0.486 e. The molecule has 1 aliphatic heterocycles. The van der Waals surface area contributed by atoms with Gasteiger partial charge >= 0.3 is 6.09 Å². The Hall–Kier alpha value is -2.51. The molecule has 1 aliphatic rings. The Morgan fingerprint density at radius 2 is 2.11 bits per heavy atom. The van der Waals surface area contributed by atoms with Crippen molar-refractivity contribution < 1.29 is 18.7 Å². The Labute approximate surface area is 166 Å². The summed E-state index contributed by atoms with van der Waals surface area (Å²) in [5.41, 5.74) is -0.520. The number of hydrogen-bond donors (Lipinski definition) is 2. The van der Waals surface area contributed by atoms with Crippen molar-refractivity contribution in [3.63, 3.8) is 0 Å². The second-order valence-electron chi connectivity index (χ2n) is 7.86. The molecule has 2 unspecified atom stereocenters. The van der Waals surface area contributed by atoms with Crippen molar-refractivity contribution in [3.8, 4) is 5.75 Å². The molecule has 8 heteroatoms. The Kier molecular flexibility index (Phi) is 7.48. The maximum absolute atomic E-state index is 13.7. The number of ether oxygens (including phenoxy) is 2. The monoisotopic (exact) mass is 394 g/mol. The highest BCUT2D eigenvalue weighted by molar-refractivity contribution is 5.80. The number of benzene rings is 1. The van der Waals surface area contributed by atoms with Crippen LogP contribution in [0.4, 0.5) is 9.18 Å². The number of likely N-dealkylation sites (tertiary alicyclic amines) is 1. The molecule has 156 valence electrons. The van der Waals surface area contributed by atoms with Gasteiger partial charge in [-0.15, -0.1) is 0 Å². The van der Waals surface area contributed by atoms with Crippen LogP contribution < -0.4 is 15.4 Å². The van der Waals surface area contributed by atoms with E-state index in [9.17, 15) is 9.18 Å². The smallest absolute Gasteiger partial charge is 0.407 e. The van der Waals surface area contributed by atoms with Crippen LogP contribution in [-0.4, -0.2) is 61.4 Å². The first kappa shape index (κ1) is 21.8. The van der Waals surface area contributed by atoms with Crippen molar-refractivity contribution in [2.75, 3.05) is 26.7 Å². The van der Waals surface area contributed by atoms with E-state index in [0.717, 1.165) is 18.9 Å². The van der Waals surface area contributed by atoms with Gasteiger partial charge < -0.3 is 25.0 Å². The average molecular weight is 394 g/mol. The minimum absolute atomic E-state index is 0.000452. The molecule has 1 aromatic rings. The van der Waals surface area contributed by atoms with Gasteiger partial charge in [0.25, 0.3) is 0 Å². The van der Waals surface area contributed by atoms with E-state index in [-0.39, 0.29) is 23.7 Å². The maximum atomic E-state index is 13.7.